The Morgan fingerprint density at radius 1 is 0.846 bits per heavy atom. The van der Waals surface area contributed by atoms with Crippen molar-refractivity contribution in [1.82, 2.24) is 4.90 Å². The highest BCUT2D eigenvalue weighted by Crippen LogP contribution is 2.48. The highest BCUT2D eigenvalue weighted by molar-refractivity contribution is 5.04. The van der Waals surface area contributed by atoms with E-state index in [-0.39, 0.29) is 0 Å². The van der Waals surface area contributed by atoms with Gasteiger partial charge in [-0.25, -0.2) is 0 Å². The van der Waals surface area contributed by atoms with Gasteiger partial charge in [0.2, 0.25) is 0 Å². The molecule has 1 heteroatoms. The molecule has 0 spiro atoms. The van der Waals surface area contributed by atoms with Gasteiger partial charge in [-0.15, -0.1) is 0 Å². The van der Waals surface area contributed by atoms with Crippen LogP contribution in [0.3, 0.4) is 0 Å². The van der Waals surface area contributed by atoms with Gasteiger partial charge in [0.25, 0.3) is 0 Å². The maximum Gasteiger partial charge on any atom is 0.0206 e. The molecule has 0 aromatic carbocycles. The molecule has 13 heavy (non-hydrogen) atoms. The largest absolute Gasteiger partial charge is 0.296 e. The van der Waals surface area contributed by atoms with Crippen molar-refractivity contribution < 1.29 is 0 Å². The van der Waals surface area contributed by atoms with Crippen LogP contribution in [-0.4, -0.2) is 23.0 Å². The lowest BCUT2D eigenvalue weighted by Crippen LogP contribution is -2.63. The molecule has 0 saturated carbocycles. The molecule has 0 atom stereocenters. The number of rotatable bonds is 0. The number of hydrogen-bond donors (Lipinski definition) is 0. The molecule has 0 aliphatic carbocycles. The Morgan fingerprint density at radius 3 is 1.69 bits per heavy atom. The van der Waals surface area contributed by atoms with Crippen molar-refractivity contribution >= 4 is 0 Å². The summed E-state index contributed by atoms with van der Waals surface area (Å²) < 4.78 is 0. The molecule has 78 valence electrons. The van der Waals surface area contributed by atoms with Crippen LogP contribution in [-0.2, 0) is 0 Å². The van der Waals surface area contributed by atoms with Crippen LogP contribution in [0, 0.1) is 5.41 Å². The van der Waals surface area contributed by atoms with Gasteiger partial charge in [-0.1, -0.05) is 13.8 Å². The van der Waals surface area contributed by atoms with Crippen molar-refractivity contribution in [1.29, 1.82) is 0 Å². The molecule has 1 aliphatic rings. The van der Waals surface area contributed by atoms with Crippen molar-refractivity contribution in [2.45, 2.75) is 65.5 Å². The Bertz CT molecular complexity index is 201. The fraction of sp³-hybridized carbons (Fsp3) is 1.00. The van der Waals surface area contributed by atoms with E-state index >= 15 is 0 Å². The van der Waals surface area contributed by atoms with E-state index in [1.807, 2.05) is 0 Å². The summed E-state index contributed by atoms with van der Waals surface area (Å²) in [6.07, 6.45) is 2.64. The maximum absolute atomic E-state index is 2.55. The quantitative estimate of drug-likeness (QED) is 0.557. The minimum absolute atomic E-state index is 0.300. The summed E-state index contributed by atoms with van der Waals surface area (Å²) in [6, 6.07) is 0. The lowest BCUT2D eigenvalue weighted by Gasteiger charge is -2.59. The minimum Gasteiger partial charge on any atom is -0.296 e. The number of nitrogens with zero attached hydrogens (tertiary/aromatic N) is 1. The average molecular weight is 183 g/mol. The van der Waals surface area contributed by atoms with Crippen LogP contribution in [0.15, 0.2) is 0 Å². The van der Waals surface area contributed by atoms with Crippen LogP contribution < -0.4 is 0 Å². The van der Waals surface area contributed by atoms with Gasteiger partial charge in [0.05, 0.1) is 0 Å². The Labute approximate surface area is 83.5 Å². The number of piperidine rings is 1. The Hall–Kier alpha value is -0.0400. The first-order valence-electron chi connectivity index (χ1n) is 5.35. The monoisotopic (exact) mass is 183 g/mol. The standard InChI is InChI=1S/C12H25N/c1-10(2)8-9-11(3,4)13(7)12(10,5)6/h8-9H2,1-7H3. The van der Waals surface area contributed by atoms with E-state index in [0.717, 1.165) is 0 Å². The highest BCUT2D eigenvalue weighted by Gasteiger charge is 2.49. The van der Waals surface area contributed by atoms with E-state index in [4.69, 9.17) is 0 Å². The molecule has 0 unspecified atom stereocenters. The van der Waals surface area contributed by atoms with Crippen molar-refractivity contribution in [3.8, 4) is 0 Å². The first-order chi connectivity index (χ1) is 5.61. The van der Waals surface area contributed by atoms with Gasteiger partial charge >= 0.3 is 0 Å². The smallest absolute Gasteiger partial charge is 0.0206 e. The average Bonchev–Trinajstić information content (AvgIpc) is 1.97. The Morgan fingerprint density at radius 2 is 1.31 bits per heavy atom. The van der Waals surface area contributed by atoms with Gasteiger partial charge in [0.1, 0.15) is 0 Å². The summed E-state index contributed by atoms with van der Waals surface area (Å²) >= 11 is 0. The Kier molecular flexibility index (Phi) is 2.31. The Balaban J connectivity index is 3.00. The summed E-state index contributed by atoms with van der Waals surface area (Å²) in [5.74, 6) is 0. The summed E-state index contributed by atoms with van der Waals surface area (Å²) in [5, 5.41) is 0. The fourth-order valence-corrected chi connectivity index (χ4v) is 2.30. The second-order valence-electron chi connectivity index (χ2n) is 6.31. The molecular formula is C12H25N. The first-order valence-corrected chi connectivity index (χ1v) is 5.35. The zero-order chi connectivity index (χ0) is 10.5. The molecule has 0 amide bonds. The van der Waals surface area contributed by atoms with E-state index in [1.54, 1.807) is 0 Å². The van der Waals surface area contributed by atoms with Gasteiger partial charge in [0, 0.05) is 11.1 Å². The minimum atomic E-state index is 0.300. The maximum atomic E-state index is 2.55. The molecule has 1 saturated heterocycles. The molecule has 0 N–H and O–H groups in total. The van der Waals surface area contributed by atoms with Crippen molar-refractivity contribution in [3.63, 3.8) is 0 Å². The molecule has 0 aromatic heterocycles. The molecule has 1 fully saturated rings. The van der Waals surface area contributed by atoms with E-state index in [1.165, 1.54) is 12.8 Å². The third-order valence-corrected chi connectivity index (χ3v) is 4.76. The van der Waals surface area contributed by atoms with Crippen molar-refractivity contribution in [3.05, 3.63) is 0 Å². The summed E-state index contributed by atoms with van der Waals surface area (Å²) in [7, 11) is 2.26. The fourth-order valence-electron chi connectivity index (χ4n) is 2.30. The van der Waals surface area contributed by atoms with E-state index in [0.29, 0.717) is 16.5 Å². The van der Waals surface area contributed by atoms with Gasteiger partial charge in [-0.2, -0.15) is 0 Å². The number of hydrogen-bond acceptors (Lipinski definition) is 1. The van der Waals surface area contributed by atoms with Gasteiger partial charge < -0.3 is 0 Å². The molecule has 1 heterocycles. The predicted octanol–water partition coefficient (Wildman–Crippen LogP) is 3.30. The molecular weight excluding hydrogens is 158 g/mol. The molecule has 1 nitrogen and oxygen atoms in total. The third-order valence-electron chi connectivity index (χ3n) is 4.76. The molecule has 0 aromatic rings. The second kappa shape index (κ2) is 2.73. The van der Waals surface area contributed by atoms with Gasteiger partial charge in [-0.3, -0.25) is 4.90 Å². The molecule has 1 rings (SSSR count). The first kappa shape index (κ1) is 11.0. The van der Waals surface area contributed by atoms with Crippen LogP contribution in [0.2, 0.25) is 0 Å². The number of likely N-dealkylation sites (tertiary alicyclic amines) is 1. The normalized spacial score (nSPS) is 31.6. The van der Waals surface area contributed by atoms with E-state index < -0.39 is 0 Å². The van der Waals surface area contributed by atoms with Gasteiger partial charge in [0.15, 0.2) is 0 Å². The topological polar surface area (TPSA) is 3.24 Å². The van der Waals surface area contributed by atoms with Crippen LogP contribution in [0.4, 0.5) is 0 Å². The molecule has 0 radical (unpaired) electrons. The van der Waals surface area contributed by atoms with Crippen LogP contribution >= 0.6 is 0 Å². The van der Waals surface area contributed by atoms with Crippen LogP contribution in [0.1, 0.15) is 54.4 Å². The van der Waals surface area contributed by atoms with Gasteiger partial charge in [-0.05, 0) is 53.0 Å². The van der Waals surface area contributed by atoms with E-state index in [2.05, 4.69) is 53.5 Å². The predicted molar refractivity (Wildman–Crippen MR) is 58.9 cm³/mol. The lowest BCUT2D eigenvalue weighted by atomic mass is 9.64. The third kappa shape index (κ3) is 1.52. The zero-order valence-corrected chi connectivity index (χ0v) is 10.4. The van der Waals surface area contributed by atoms with E-state index in [9.17, 15) is 0 Å². The zero-order valence-electron chi connectivity index (χ0n) is 10.4. The summed E-state index contributed by atoms with van der Waals surface area (Å²) in [4.78, 5) is 2.55. The van der Waals surface area contributed by atoms with Crippen molar-refractivity contribution in [2.24, 2.45) is 5.41 Å². The van der Waals surface area contributed by atoms with Crippen LogP contribution in [0.25, 0.3) is 0 Å². The van der Waals surface area contributed by atoms with Crippen LogP contribution in [0.5, 0.6) is 0 Å². The lowest BCUT2D eigenvalue weighted by molar-refractivity contribution is -0.0853. The second-order valence-corrected chi connectivity index (χ2v) is 6.31. The summed E-state index contributed by atoms with van der Waals surface area (Å²) in [5.41, 5.74) is 1.09. The molecule has 0 bridgehead atoms. The van der Waals surface area contributed by atoms with Crippen molar-refractivity contribution in [2.75, 3.05) is 7.05 Å². The SMILES string of the molecule is CN1C(C)(C)CCC(C)(C)C1(C)C. The summed E-state index contributed by atoms with van der Waals surface area (Å²) in [6.45, 7) is 14.2. The molecule has 1 aliphatic heterocycles. The highest BCUT2D eigenvalue weighted by atomic mass is 15.2.